The lowest BCUT2D eigenvalue weighted by atomic mass is 9.98. The lowest BCUT2D eigenvalue weighted by Crippen LogP contribution is -2.62. The maximum Gasteiger partial charge on any atom is 0.302 e. The number of aliphatic hydroxyl groups excluding tert-OH is 8. The molecule has 692 valence electrons. The number of likely N-dealkylation sites (tertiary alicyclic amines) is 1. The van der Waals surface area contributed by atoms with E-state index in [2.05, 4.69) is 37.2 Å². The lowest BCUT2D eigenvalue weighted by Gasteiger charge is -2.40. The van der Waals surface area contributed by atoms with Gasteiger partial charge in [-0.05, 0) is 77.0 Å². The molecule has 0 saturated carbocycles. The van der Waals surface area contributed by atoms with Gasteiger partial charge >= 0.3 is 17.9 Å². The maximum absolute atomic E-state index is 14.0. The van der Waals surface area contributed by atoms with Crippen LogP contribution in [0.4, 0.5) is 0 Å². The Bertz CT molecular complexity index is 2750. The van der Waals surface area contributed by atoms with Crippen LogP contribution in [0.25, 0.3) is 0 Å². The van der Waals surface area contributed by atoms with E-state index in [1.165, 1.54) is 20.8 Å². The van der Waals surface area contributed by atoms with Gasteiger partial charge in [0.05, 0.1) is 76.5 Å². The van der Waals surface area contributed by atoms with Crippen molar-refractivity contribution in [3.05, 3.63) is 0 Å². The van der Waals surface area contributed by atoms with Crippen molar-refractivity contribution in [2.45, 2.75) is 297 Å². The van der Waals surface area contributed by atoms with Crippen molar-refractivity contribution in [2.75, 3.05) is 132 Å². The predicted molar refractivity (Wildman–Crippen MR) is 424 cm³/mol. The second-order valence-electron chi connectivity index (χ2n) is 30.7. The number of amides is 8. The maximum atomic E-state index is 14.0. The van der Waals surface area contributed by atoms with Gasteiger partial charge in [0.25, 0.3) is 0 Å². The van der Waals surface area contributed by atoms with Gasteiger partial charge in [0.2, 0.25) is 47.3 Å². The standard InChI is InChI=1S/C78H139N11O31/c1-50(91)115-44-55-69(103)72(106)66(79)75(118-55)112-35-15-12-21-58(95)82-29-18-32-85-61(98)26-38-109-47-78(88-64(101)24-10-8-6-4-5-7-9-11-25-65(102)89-42-54(94)41-53(89)43-90,48-110-39-27-62(99)86-33-19-30-83-59(96)22-13-16-36-113-76-67(80)73(107)70(104)56(119-76)45-116-51(2)92)49-111-40-28-63(100)87-34-20-31-84-60(97)23-14-17-37-114-77-68(81)74(108)71(105)57(120-77)46-117-52(3)93/h53-57,66-77,90,94,103-108H,4-49,79-81H2,1-3H3,(H,82,95)(H,83,96)(H,84,97)(H,85,98)(H,86,99)(H,87,100)(H,88,101)/t53-,54+,55?,56?,57?,66?,67?,68?,69?,70?,71?,72?,73?,74?,75?,76?,77?,78?/m0/s1. The summed E-state index contributed by atoms with van der Waals surface area (Å²) < 4.78 is 67.0. The highest BCUT2D eigenvalue weighted by Gasteiger charge is 2.47. The van der Waals surface area contributed by atoms with E-state index in [1.807, 2.05) is 0 Å². The van der Waals surface area contributed by atoms with Crippen molar-refractivity contribution in [1.29, 1.82) is 0 Å². The number of hydrogen-bond acceptors (Lipinski definition) is 34. The van der Waals surface area contributed by atoms with E-state index in [0.29, 0.717) is 83.5 Å². The Morgan fingerprint density at radius 2 is 0.650 bits per heavy atom. The number of unbranched alkanes of at least 4 members (excludes halogenated alkanes) is 10. The molecule has 42 heteroatoms. The summed E-state index contributed by atoms with van der Waals surface area (Å²) in [5, 5.41) is 102. The molecular formula is C78H139N11O31. The number of carbonyl (C=O) groups is 11. The normalized spacial score (nSPS) is 25.2. The molecule has 4 fully saturated rings. The van der Waals surface area contributed by atoms with Gasteiger partial charge in [-0.3, -0.25) is 52.7 Å². The molecule has 0 radical (unpaired) electrons. The minimum Gasteiger partial charge on any atom is -0.463 e. The van der Waals surface area contributed by atoms with E-state index in [9.17, 15) is 93.6 Å². The Morgan fingerprint density at radius 3 is 0.958 bits per heavy atom. The number of nitrogens with two attached hydrogens (primary N) is 3. The quantitative estimate of drug-likeness (QED) is 0.0155. The van der Waals surface area contributed by atoms with Crippen molar-refractivity contribution in [2.24, 2.45) is 17.2 Å². The van der Waals surface area contributed by atoms with Crippen LogP contribution in [0.3, 0.4) is 0 Å². The molecule has 0 aromatic carbocycles. The molecule has 4 aliphatic rings. The summed E-state index contributed by atoms with van der Waals surface area (Å²) in [6.07, 6.45) is -4.46. The average molecular weight is 1730 g/mol. The Morgan fingerprint density at radius 1 is 0.367 bits per heavy atom. The zero-order valence-corrected chi connectivity index (χ0v) is 70.0. The van der Waals surface area contributed by atoms with E-state index < -0.39 is 121 Å². The fourth-order valence-corrected chi connectivity index (χ4v) is 13.3. The molecular weight excluding hydrogens is 1590 g/mol. The van der Waals surface area contributed by atoms with Crippen LogP contribution >= 0.6 is 0 Å². The fraction of sp³-hybridized carbons (Fsp3) is 0.859. The summed E-state index contributed by atoms with van der Waals surface area (Å²) in [5.41, 5.74) is 16.6. The van der Waals surface area contributed by atoms with Crippen LogP contribution in [0.5, 0.6) is 0 Å². The Balaban J connectivity index is 1.28. The number of ether oxygens (including phenoxy) is 12. The van der Waals surface area contributed by atoms with Crippen LogP contribution < -0.4 is 54.4 Å². The Labute approximate surface area is 701 Å². The number of esters is 3. The molecule has 4 aliphatic heterocycles. The van der Waals surface area contributed by atoms with Crippen LogP contribution in [0, 0.1) is 0 Å². The molecule has 21 N–H and O–H groups in total. The van der Waals surface area contributed by atoms with Crippen LogP contribution in [0.15, 0.2) is 0 Å². The molecule has 4 heterocycles. The number of β-amino-alcohol motifs (C(OH)–C–C–N with tert-alkyl or cyclic N) is 1. The largest absolute Gasteiger partial charge is 0.463 e. The lowest BCUT2D eigenvalue weighted by molar-refractivity contribution is -0.267. The predicted octanol–water partition coefficient (Wildman–Crippen LogP) is -4.64. The average Bonchev–Trinajstić information content (AvgIpc) is 1.25. The highest BCUT2D eigenvalue weighted by Crippen LogP contribution is 2.26. The van der Waals surface area contributed by atoms with Crippen LogP contribution in [0.1, 0.15) is 188 Å². The summed E-state index contributed by atoms with van der Waals surface area (Å²) in [5.74, 6) is -4.06. The van der Waals surface area contributed by atoms with Gasteiger partial charge in [-0.2, -0.15) is 0 Å². The summed E-state index contributed by atoms with van der Waals surface area (Å²) >= 11 is 0. The Hall–Kier alpha value is -6.63. The molecule has 120 heavy (non-hydrogen) atoms. The number of nitrogens with zero attached hydrogens (tertiary/aromatic N) is 1. The molecule has 15 unspecified atom stereocenters. The second-order valence-corrected chi connectivity index (χ2v) is 30.7. The van der Waals surface area contributed by atoms with E-state index >= 15 is 0 Å². The van der Waals surface area contributed by atoms with Gasteiger partial charge in [0.1, 0.15) is 80.3 Å². The van der Waals surface area contributed by atoms with Gasteiger partial charge in [-0.15, -0.1) is 0 Å². The number of rotatable bonds is 64. The summed E-state index contributed by atoms with van der Waals surface area (Å²) in [7, 11) is 0. The highest BCUT2D eigenvalue weighted by molar-refractivity contribution is 5.79. The van der Waals surface area contributed by atoms with Crippen molar-refractivity contribution in [3.8, 4) is 0 Å². The van der Waals surface area contributed by atoms with Crippen LogP contribution in [-0.4, -0.2) is 352 Å². The van der Waals surface area contributed by atoms with E-state index in [1.54, 1.807) is 4.90 Å². The molecule has 4 saturated heterocycles. The van der Waals surface area contributed by atoms with Crippen molar-refractivity contribution in [3.63, 3.8) is 0 Å². The minimum absolute atomic E-state index is 0.0768. The van der Waals surface area contributed by atoms with Gasteiger partial charge in [0.15, 0.2) is 18.9 Å². The summed E-state index contributed by atoms with van der Waals surface area (Å²) in [6, 6.07) is -3.59. The number of nitrogens with one attached hydrogen (secondary N) is 7. The third-order valence-electron chi connectivity index (χ3n) is 20.3. The smallest absolute Gasteiger partial charge is 0.302 e. The van der Waals surface area contributed by atoms with Gasteiger partial charge in [0, 0.05) is 138 Å². The monoisotopic (exact) mass is 1730 g/mol. The fourth-order valence-electron chi connectivity index (χ4n) is 13.3. The van der Waals surface area contributed by atoms with E-state index in [4.69, 9.17) is 74.0 Å². The first-order chi connectivity index (χ1) is 57.4. The van der Waals surface area contributed by atoms with Gasteiger partial charge in [-0.25, -0.2) is 0 Å². The molecule has 17 atom stereocenters. The molecule has 0 aliphatic carbocycles. The highest BCUT2D eigenvalue weighted by atomic mass is 16.7. The first-order valence-corrected chi connectivity index (χ1v) is 42.2. The van der Waals surface area contributed by atoms with E-state index in [-0.39, 0.29) is 230 Å². The number of aliphatic hydroxyl groups is 8. The zero-order valence-electron chi connectivity index (χ0n) is 70.0. The van der Waals surface area contributed by atoms with Crippen molar-refractivity contribution in [1.82, 2.24) is 42.1 Å². The van der Waals surface area contributed by atoms with Gasteiger partial charge < -0.3 is 157 Å². The zero-order chi connectivity index (χ0) is 88.2. The first kappa shape index (κ1) is 106. The minimum atomic E-state index is -1.43. The van der Waals surface area contributed by atoms with Crippen LogP contribution in [0.2, 0.25) is 0 Å². The number of hydrogen-bond donors (Lipinski definition) is 18. The van der Waals surface area contributed by atoms with Gasteiger partial charge in [-0.1, -0.05) is 38.5 Å². The van der Waals surface area contributed by atoms with E-state index in [0.717, 1.165) is 38.5 Å². The molecule has 42 nitrogen and oxygen atoms in total. The molecule has 8 amide bonds. The molecule has 4 rings (SSSR count). The molecule has 0 bridgehead atoms. The summed E-state index contributed by atoms with van der Waals surface area (Å²) in [4.78, 5) is 139. The van der Waals surface area contributed by atoms with Crippen molar-refractivity contribution >= 4 is 65.2 Å². The molecule has 0 aromatic rings. The summed E-state index contributed by atoms with van der Waals surface area (Å²) in [6.45, 7) is 3.30. The topological polar surface area (TPSA) is 626 Å². The third kappa shape index (κ3) is 43.6. The third-order valence-corrected chi connectivity index (χ3v) is 20.3. The first-order valence-electron chi connectivity index (χ1n) is 42.2. The number of carbonyl (C=O) groups excluding carboxylic acids is 11. The molecule has 0 spiro atoms. The molecule has 0 aromatic heterocycles. The van der Waals surface area contributed by atoms with Crippen molar-refractivity contribution < 1.29 is 150 Å². The SMILES string of the molecule is CC(=O)OCC1OC(OCCCCC(=O)NCCCNC(=O)CCOCC(COCCC(=O)NCCCNC(=O)CCCCOC2OC(COC(C)=O)C(O)C(O)C2N)(COCCC(=O)NCCCNC(=O)CCCCOC2OC(COC(C)=O)C(O)C(O)C2N)NC(=O)CCCCCCCCCCC(=O)N2C[C@H](O)C[C@H]2CO)C(N)C(O)C1O. The second kappa shape index (κ2) is 60.8. The Kier molecular flexibility index (Phi) is 53.6. The van der Waals surface area contributed by atoms with Crippen LogP contribution in [-0.2, 0) is 110 Å².